The van der Waals surface area contributed by atoms with Crippen LogP contribution in [0.3, 0.4) is 0 Å². The molecule has 2 aromatic carbocycles. The molecule has 0 aliphatic carbocycles. The number of aryl methyl sites for hydroxylation is 1. The highest BCUT2D eigenvalue weighted by atomic mass is 19.4. The van der Waals surface area contributed by atoms with Gasteiger partial charge in [-0.3, -0.25) is 9.69 Å². The lowest BCUT2D eigenvalue weighted by Gasteiger charge is -2.35. The van der Waals surface area contributed by atoms with Gasteiger partial charge < -0.3 is 10.1 Å². The third kappa shape index (κ3) is 6.23. The number of amides is 1. The average Bonchev–Trinajstić information content (AvgIpc) is 2.77. The summed E-state index contributed by atoms with van der Waals surface area (Å²) in [5.74, 6) is 1.02. The highest BCUT2D eigenvalue weighted by molar-refractivity contribution is 5.95. The molecule has 168 valence electrons. The SMILES string of the molecule is COc1ccc(CCC2CCN(C(C)C(=O)Nc3ccccc3C(F)(F)F)CC2)cc1. The number of ether oxygens (including phenoxy) is 1. The summed E-state index contributed by atoms with van der Waals surface area (Å²) < 4.78 is 44.7. The van der Waals surface area contributed by atoms with Gasteiger partial charge in [0.2, 0.25) is 5.91 Å². The number of para-hydroxylation sites is 1. The number of carbonyl (C=O) groups is 1. The van der Waals surface area contributed by atoms with E-state index in [-0.39, 0.29) is 5.69 Å². The minimum atomic E-state index is -4.50. The van der Waals surface area contributed by atoms with Gasteiger partial charge in [0.15, 0.2) is 0 Å². The fraction of sp³-hybridized carbons (Fsp3) is 0.458. The van der Waals surface area contributed by atoms with Crippen LogP contribution in [0.15, 0.2) is 48.5 Å². The van der Waals surface area contributed by atoms with Crippen LogP contribution < -0.4 is 10.1 Å². The summed E-state index contributed by atoms with van der Waals surface area (Å²) in [6, 6.07) is 12.7. The van der Waals surface area contributed by atoms with Crippen LogP contribution in [0.1, 0.15) is 37.3 Å². The van der Waals surface area contributed by atoms with Crippen molar-refractivity contribution in [3.05, 3.63) is 59.7 Å². The number of carbonyl (C=O) groups excluding carboxylic acids is 1. The second-order valence-electron chi connectivity index (χ2n) is 8.07. The number of nitrogens with one attached hydrogen (secondary N) is 1. The normalized spacial score (nSPS) is 16.7. The molecular formula is C24H29F3N2O2. The lowest BCUT2D eigenvalue weighted by atomic mass is 9.90. The molecule has 1 fully saturated rings. The van der Waals surface area contributed by atoms with Crippen LogP contribution in [0.25, 0.3) is 0 Å². The van der Waals surface area contributed by atoms with E-state index in [4.69, 9.17) is 4.74 Å². The fourth-order valence-corrected chi connectivity index (χ4v) is 4.03. The Labute approximate surface area is 181 Å². The summed E-state index contributed by atoms with van der Waals surface area (Å²) in [5.41, 5.74) is 0.258. The molecular weight excluding hydrogens is 405 g/mol. The van der Waals surface area contributed by atoms with Crippen molar-refractivity contribution in [3.8, 4) is 5.75 Å². The van der Waals surface area contributed by atoms with Crippen molar-refractivity contribution in [3.63, 3.8) is 0 Å². The molecule has 0 saturated carbocycles. The number of rotatable bonds is 7. The number of methoxy groups -OCH3 is 1. The van der Waals surface area contributed by atoms with Gasteiger partial charge in [-0.1, -0.05) is 24.3 Å². The Bertz CT molecular complexity index is 860. The number of hydrogen-bond donors (Lipinski definition) is 1. The van der Waals surface area contributed by atoms with Crippen LogP contribution in [0, 0.1) is 5.92 Å². The average molecular weight is 435 g/mol. The lowest BCUT2D eigenvalue weighted by molar-refractivity contribution is -0.137. The Morgan fingerprint density at radius 2 is 1.77 bits per heavy atom. The molecule has 0 aromatic heterocycles. The van der Waals surface area contributed by atoms with E-state index in [9.17, 15) is 18.0 Å². The standard InChI is InChI=1S/C24H29F3N2O2/c1-17(23(30)28-22-6-4-3-5-21(22)24(25,26)27)29-15-13-19(14-16-29)8-7-18-9-11-20(31-2)12-10-18/h3-6,9-12,17,19H,7-8,13-16H2,1-2H3,(H,28,30). The summed E-state index contributed by atoms with van der Waals surface area (Å²) in [6.45, 7) is 3.29. The molecule has 2 aromatic rings. The molecule has 31 heavy (non-hydrogen) atoms. The quantitative estimate of drug-likeness (QED) is 0.636. The molecule has 1 heterocycles. The Kier molecular flexibility index (Phi) is 7.59. The van der Waals surface area contributed by atoms with Crippen LogP contribution in [-0.4, -0.2) is 37.0 Å². The molecule has 1 amide bonds. The van der Waals surface area contributed by atoms with Crippen molar-refractivity contribution in [2.45, 2.75) is 44.8 Å². The van der Waals surface area contributed by atoms with Gasteiger partial charge in [-0.2, -0.15) is 13.2 Å². The van der Waals surface area contributed by atoms with Crippen LogP contribution in [-0.2, 0) is 17.4 Å². The van der Waals surface area contributed by atoms with Crippen molar-refractivity contribution < 1.29 is 22.7 Å². The number of benzene rings is 2. The first-order valence-electron chi connectivity index (χ1n) is 10.6. The second kappa shape index (κ2) is 10.2. The van der Waals surface area contributed by atoms with Gasteiger partial charge in [0.25, 0.3) is 0 Å². The smallest absolute Gasteiger partial charge is 0.418 e. The number of piperidine rings is 1. The summed E-state index contributed by atoms with van der Waals surface area (Å²) >= 11 is 0. The van der Waals surface area contributed by atoms with Crippen molar-refractivity contribution in [2.75, 3.05) is 25.5 Å². The van der Waals surface area contributed by atoms with E-state index in [2.05, 4.69) is 22.3 Å². The number of anilines is 1. The van der Waals surface area contributed by atoms with Gasteiger partial charge in [-0.25, -0.2) is 0 Å². The Morgan fingerprint density at radius 1 is 1.13 bits per heavy atom. The minimum absolute atomic E-state index is 0.193. The number of alkyl halides is 3. The molecule has 1 atom stereocenters. The topological polar surface area (TPSA) is 41.6 Å². The van der Waals surface area contributed by atoms with E-state index in [1.807, 2.05) is 12.1 Å². The van der Waals surface area contributed by atoms with Crippen LogP contribution >= 0.6 is 0 Å². The van der Waals surface area contributed by atoms with Crippen molar-refractivity contribution >= 4 is 11.6 Å². The molecule has 1 aliphatic heterocycles. The number of nitrogens with zero attached hydrogens (tertiary/aromatic N) is 1. The van der Waals surface area contributed by atoms with Gasteiger partial charge in [-0.05, 0) is 81.4 Å². The molecule has 3 rings (SSSR count). The maximum Gasteiger partial charge on any atom is 0.418 e. The largest absolute Gasteiger partial charge is 0.497 e. The third-order valence-corrected chi connectivity index (χ3v) is 6.07. The van der Waals surface area contributed by atoms with Crippen molar-refractivity contribution in [1.29, 1.82) is 0 Å². The minimum Gasteiger partial charge on any atom is -0.497 e. The molecule has 4 nitrogen and oxygen atoms in total. The van der Waals surface area contributed by atoms with Gasteiger partial charge in [0.1, 0.15) is 5.75 Å². The molecule has 0 radical (unpaired) electrons. The van der Waals surface area contributed by atoms with Crippen LogP contribution in [0.4, 0.5) is 18.9 Å². The zero-order valence-electron chi connectivity index (χ0n) is 17.9. The third-order valence-electron chi connectivity index (χ3n) is 6.07. The molecule has 7 heteroatoms. The van der Waals surface area contributed by atoms with E-state index in [0.29, 0.717) is 5.92 Å². The molecule has 1 saturated heterocycles. The molecule has 1 unspecified atom stereocenters. The number of likely N-dealkylation sites (tertiary alicyclic amines) is 1. The molecule has 1 aliphatic rings. The summed E-state index contributed by atoms with van der Waals surface area (Å²) in [7, 11) is 1.65. The molecule has 0 spiro atoms. The summed E-state index contributed by atoms with van der Waals surface area (Å²) in [6.07, 6.45) is -0.464. The van der Waals surface area contributed by atoms with E-state index < -0.39 is 23.7 Å². The first-order valence-corrected chi connectivity index (χ1v) is 10.6. The Hall–Kier alpha value is -2.54. The Morgan fingerprint density at radius 3 is 2.39 bits per heavy atom. The number of hydrogen-bond acceptors (Lipinski definition) is 3. The zero-order valence-corrected chi connectivity index (χ0v) is 17.9. The second-order valence-corrected chi connectivity index (χ2v) is 8.07. The van der Waals surface area contributed by atoms with Crippen LogP contribution in [0.5, 0.6) is 5.75 Å². The highest BCUT2D eigenvalue weighted by Gasteiger charge is 2.34. The first kappa shape index (κ1) is 23.1. The predicted octanol–water partition coefficient (Wildman–Crippen LogP) is 5.39. The van der Waals surface area contributed by atoms with E-state index >= 15 is 0 Å². The van der Waals surface area contributed by atoms with Crippen LogP contribution in [0.2, 0.25) is 0 Å². The lowest BCUT2D eigenvalue weighted by Crippen LogP contribution is -2.46. The van der Waals surface area contributed by atoms with Gasteiger partial charge in [0, 0.05) is 0 Å². The van der Waals surface area contributed by atoms with Gasteiger partial charge in [-0.15, -0.1) is 0 Å². The maximum atomic E-state index is 13.2. The zero-order chi connectivity index (χ0) is 22.4. The van der Waals surface area contributed by atoms with Gasteiger partial charge in [0.05, 0.1) is 24.4 Å². The summed E-state index contributed by atoms with van der Waals surface area (Å²) in [4.78, 5) is 14.7. The van der Waals surface area contributed by atoms with Gasteiger partial charge >= 0.3 is 6.18 Å². The monoisotopic (exact) mass is 434 g/mol. The molecule has 1 N–H and O–H groups in total. The van der Waals surface area contributed by atoms with E-state index in [1.54, 1.807) is 14.0 Å². The van der Waals surface area contributed by atoms with Crippen molar-refractivity contribution in [1.82, 2.24) is 4.90 Å². The maximum absolute atomic E-state index is 13.2. The first-order chi connectivity index (χ1) is 14.8. The highest BCUT2D eigenvalue weighted by Crippen LogP contribution is 2.34. The molecule has 0 bridgehead atoms. The summed E-state index contributed by atoms with van der Waals surface area (Å²) in [5, 5.41) is 2.47. The van der Waals surface area contributed by atoms with E-state index in [1.165, 1.54) is 23.8 Å². The number of halogens is 3. The van der Waals surface area contributed by atoms with Crippen molar-refractivity contribution in [2.24, 2.45) is 5.92 Å². The Balaban J connectivity index is 1.48. The fourth-order valence-electron chi connectivity index (χ4n) is 4.03. The van der Waals surface area contributed by atoms with E-state index in [0.717, 1.165) is 50.6 Å². The predicted molar refractivity (Wildman–Crippen MR) is 115 cm³/mol.